The second-order valence-electron chi connectivity index (χ2n) is 5.15. The van der Waals surface area contributed by atoms with Crippen molar-refractivity contribution in [1.29, 1.82) is 0 Å². The zero-order valence-electron chi connectivity index (χ0n) is 12.3. The Morgan fingerprint density at radius 2 is 2.19 bits per heavy atom. The highest BCUT2D eigenvalue weighted by Gasteiger charge is 2.16. The van der Waals surface area contributed by atoms with E-state index in [0.717, 1.165) is 56.0 Å². The molecule has 21 heavy (non-hydrogen) atoms. The molecule has 0 atom stereocenters. The number of non-ortho nitro benzene ring substituents is 1. The first kappa shape index (κ1) is 16.1. The fourth-order valence-electron chi connectivity index (χ4n) is 2.30. The highest BCUT2D eigenvalue weighted by atomic mass is 32.2. The normalized spacial score (nSPS) is 15.9. The average Bonchev–Trinajstić information content (AvgIpc) is 2.52. The minimum Gasteiger partial charge on any atom is -0.385 e. The second-order valence-corrected chi connectivity index (χ2v) is 6.44. The van der Waals surface area contributed by atoms with Crippen LogP contribution < -0.4 is 5.32 Å². The van der Waals surface area contributed by atoms with Crippen LogP contribution in [0, 0.1) is 10.1 Å². The molecule has 0 aromatic heterocycles. The lowest BCUT2D eigenvalue weighted by Gasteiger charge is -2.22. The van der Waals surface area contributed by atoms with Gasteiger partial charge in [0.15, 0.2) is 0 Å². The molecule has 116 valence electrons. The van der Waals surface area contributed by atoms with Gasteiger partial charge in [0, 0.05) is 48.6 Å². The molecule has 0 spiro atoms. The smallest absolute Gasteiger partial charge is 0.269 e. The average molecular weight is 310 g/mol. The third-order valence-electron chi connectivity index (χ3n) is 3.51. The minimum absolute atomic E-state index is 0.166. The number of nitro groups is 1. The van der Waals surface area contributed by atoms with Crippen LogP contribution in [-0.4, -0.2) is 29.9 Å². The molecule has 0 saturated carbocycles. The Bertz CT molecular complexity index is 476. The lowest BCUT2D eigenvalue weighted by atomic mass is 10.1. The molecule has 1 aliphatic rings. The van der Waals surface area contributed by atoms with Crippen LogP contribution in [0.4, 0.5) is 11.4 Å². The predicted octanol–water partition coefficient (Wildman–Crippen LogP) is 3.83. The van der Waals surface area contributed by atoms with Gasteiger partial charge in [-0.25, -0.2) is 0 Å². The van der Waals surface area contributed by atoms with Crippen molar-refractivity contribution in [3.63, 3.8) is 0 Å². The molecule has 6 heteroatoms. The zero-order chi connectivity index (χ0) is 15.1. The molecule has 1 fully saturated rings. The second kappa shape index (κ2) is 8.24. The lowest BCUT2D eigenvalue weighted by molar-refractivity contribution is -0.384. The number of anilines is 1. The summed E-state index contributed by atoms with van der Waals surface area (Å²) in [5, 5.41) is 14.9. The standard InChI is InChI=1S/C15H22N2O3S/c1-2-7-16-15-4-3-13(17(18)19)10-12(15)11-21-14-5-8-20-9-6-14/h3-4,10,14,16H,2,5-9,11H2,1H3. The van der Waals surface area contributed by atoms with E-state index in [1.165, 1.54) is 0 Å². The number of benzene rings is 1. The van der Waals surface area contributed by atoms with E-state index < -0.39 is 0 Å². The van der Waals surface area contributed by atoms with Gasteiger partial charge in [0.2, 0.25) is 0 Å². The summed E-state index contributed by atoms with van der Waals surface area (Å²) in [6, 6.07) is 5.10. The van der Waals surface area contributed by atoms with Crippen molar-refractivity contribution in [2.24, 2.45) is 0 Å². The molecule has 0 aliphatic carbocycles. The third kappa shape index (κ3) is 4.89. The Labute approximate surface area is 129 Å². The fourth-order valence-corrected chi connectivity index (χ4v) is 3.48. The highest BCUT2D eigenvalue weighted by Crippen LogP contribution is 2.30. The van der Waals surface area contributed by atoms with Gasteiger partial charge in [-0.2, -0.15) is 11.8 Å². The van der Waals surface area contributed by atoms with Crippen LogP contribution in [0.25, 0.3) is 0 Å². The summed E-state index contributed by atoms with van der Waals surface area (Å²) in [4.78, 5) is 10.6. The van der Waals surface area contributed by atoms with E-state index in [-0.39, 0.29) is 10.6 Å². The summed E-state index contributed by atoms with van der Waals surface area (Å²) in [7, 11) is 0. The summed E-state index contributed by atoms with van der Waals surface area (Å²) >= 11 is 1.88. The quantitative estimate of drug-likeness (QED) is 0.612. The minimum atomic E-state index is -0.327. The van der Waals surface area contributed by atoms with Gasteiger partial charge < -0.3 is 10.1 Å². The largest absolute Gasteiger partial charge is 0.385 e. The Morgan fingerprint density at radius 1 is 1.43 bits per heavy atom. The Hall–Kier alpha value is -1.27. The van der Waals surface area contributed by atoms with Crippen molar-refractivity contribution in [2.45, 2.75) is 37.2 Å². The number of ether oxygens (including phenoxy) is 1. The molecule has 1 heterocycles. The molecule has 1 N–H and O–H groups in total. The Morgan fingerprint density at radius 3 is 2.86 bits per heavy atom. The van der Waals surface area contributed by atoms with Crippen LogP contribution in [-0.2, 0) is 10.5 Å². The van der Waals surface area contributed by atoms with E-state index in [2.05, 4.69) is 12.2 Å². The number of thioether (sulfide) groups is 1. The number of nitrogens with one attached hydrogen (secondary N) is 1. The van der Waals surface area contributed by atoms with Gasteiger partial charge >= 0.3 is 0 Å². The van der Waals surface area contributed by atoms with Crippen LogP contribution >= 0.6 is 11.8 Å². The van der Waals surface area contributed by atoms with E-state index in [9.17, 15) is 10.1 Å². The molecule has 0 amide bonds. The maximum absolute atomic E-state index is 10.9. The van der Waals surface area contributed by atoms with Gasteiger partial charge in [-0.1, -0.05) is 6.92 Å². The molecular weight excluding hydrogens is 288 g/mol. The molecule has 2 rings (SSSR count). The molecule has 1 aliphatic heterocycles. The first-order valence-corrected chi connectivity index (χ1v) is 8.46. The molecular formula is C15H22N2O3S. The molecule has 0 unspecified atom stereocenters. The fraction of sp³-hybridized carbons (Fsp3) is 0.600. The molecule has 0 radical (unpaired) electrons. The van der Waals surface area contributed by atoms with Crippen molar-refractivity contribution < 1.29 is 9.66 Å². The van der Waals surface area contributed by atoms with Crippen LogP contribution in [0.1, 0.15) is 31.7 Å². The molecule has 1 aromatic rings. The number of nitro benzene ring substituents is 1. The van der Waals surface area contributed by atoms with Gasteiger partial charge in [-0.3, -0.25) is 10.1 Å². The number of nitrogens with zero attached hydrogens (tertiary/aromatic N) is 1. The summed E-state index contributed by atoms with van der Waals surface area (Å²) in [5.41, 5.74) is 2.20. The zero-order valence-corrected chi connectivity index (χ0v) is 13.2. The molecule has 5 nitrogen and oxygen atoms in total. The monoisotopic (exact) mass is 310 g/mol. The highest BCUT2D eigenvalue weighted by molar-refractivity contribution is 7.99. The predicted molar refractivity (Wildman–Crippen MR) is 87.0 cm³/mol. The van der Waals surface area contributed by atoms with Crippen molar-refractivity contribution in [1.82, 2.24) is 0 Å². The first-order chi connectivity index (χ1) is 10.2. The Balaban J connectivity index is 2.05. The summed E-state index contributed by atoms with van der Waals surface area (Å²) in [6.07, 6.45) is 3.16. The van der Waals surface area contributed by atoms with Gasteiger partial charge in [0.05, 0.1) is 4.92 Å². The van der Waals surface area contributed by atoms with Crippen molar-refractivity contribution in [3.05, 3.63) is 33.9 Å². The van der Waals surface area contributed by atoms with E-state index in [4.69, 9.17) is 4.74 Å². The Kier molecular flexibility index (Phi) is 6.32. The van der Waals surface area contributed by atoms with Gasteiger partial charge in [0.25, 0.3) is 5.69 Å². The SMILES string of the molecule is CCCNc1ccc([N+](=O)[O-])cc1CSC1CCOCC1. The molecule has 0 bridgehead atoms. The number of hydrogen-bond donors (Lipinski definition) is 1. The van der Waals surface area contributed by atoms with Crippen molar-refractivity contribution in [3.8, 4) is 0 Å². The van der Waals surface area contributed by atoms with Crippen LogP contribution in [0.15, 0.2) is 18.2 Å². The maximum Gasteiger partial charge on any atom is 0.269 e. The van der Waals surface area contributed by atoms with Gasteiger partial charge in [-0.15, -0.1) is 0 Å². The topological polar surface area (TPSA) is 64.4 Å². The van der Waals surface area contributed by atoms with E-state index in [0.29, 0.717) is 5.25 Å². The maximum atomic E-state index is 10.9. The molecule has 1 saturated heterocycles. The summed E-state index contributed by atoms with van der Waals surface area (Å²) in [5.74, 6) is 0.804. The molecule has 1 aromatic carbocycles. The van der Waals surface area contributed by atoms with Crippen molar-refractivity contribution >= 4 is 23.1 Å². The van der Waals surface area contributed by atoms with Gasteiger partial charge in [0.1, 0.15) is 0 Å². The lowest BCUT2D eigenvalue weighted by Crippen LogP contribution is -2.17. The third-order valence-corrected chi connectivity index (χ3v) is 4.93. The van der Waals surface area contributed by atoms with Crippen LogP contribution in [0.3, 0.4) is 0 Å². The summed E-state index contributed by atoms with van der Waals surface area (Å²) in [6.45, 7) is 4.64. The van der Waals surface area contributed by atoms with E-state index in [1.54, 1.807) is 12.1 Å². The van der Waals surface area contributed by atoms with E-state index in [1.807, 2.05) is 17.8 Å². The van der Waals surface area contributed by atoms with Crippen LogP contribution in [0.5, 0.6) is 0 Å². The van der Waals surface area contributed by atoms with Crippen LogP contribution in [0.2, 0.25) is 0 Å². The first-order valence-electron chi connectivity index (χ1n) is 7.41. The van der Waals surface area contributed by atoms with E-state index >= 15 is 0 Å². The van der Waals surface area contributed by atoms with Crippen molar-refractivity contribution in [2.75, 3.05) is 25.1 Å². The summed E-state index contributed by atoms with van der Waals surface area (Å²) < 4.78 is 5.36. The van der Waals surface area contributed by atoms with Gasteiger partial charge in [-0.05, 0) is 30.9 Å². The number of hydrogen-bond acceptors (Lipinski definition) is 5. The number of rotatable bonds is 7.